The number of esters is 1. The number of halogens is 1. The standard InChI is InChI=1S/C20H16ClN3O5/c21-15-10-13(11-17-19(15)28-9-3-8-27-17)6-7-18(25)29-12-24-20(26)14-4-1-2-5-16(14)22-23-24/h1-2,4-7,10-11H,3,8-9,12H2. The van der Waals surface area contributed by atoms with Gasteiger partial charge in [-0.2, -0.15) is 4.68 Å². The average molecular weight is 414 g/mol. The minimum Gasteiger partial charge on any atom is -0.489 e. The van der Waals surface area contributed by atoms with E-state index in [1.807, 2.05) is 0 Å². The number of fused-ring (bicyclic) bond motifs is 2. The fourth-order valence-corrected chi connectivity index (χ4v) is 3.07. The molecule has 148 valence electrons. The molecule has 8 nitrogen and oxygen atoms in total. The summed E-state index contributed by atoms with van der Waals surface area (Å²) in [6.45, 7) is 0.715. The Labute approximate surface area is 170 Å². The molecule has 1 aliphatic heterocycles. The molecule has 4 rings (SSSR count). The van der Waals surface area contributed by atoms with E-state index < -0.39 is 5.97 Å². The Kier molecular flexibility index (Phi) is 5.44. The minimum atomic E-state index is -0.643. The van der Waals surface area contributed by atoms with Gasteiger partial charge in [0.15, 0.2) is 18.2 Å². The van der Waals surface area contributed by atoms with E-state index in [1.165, 1.54) is 12.2 Å². The van der Waals surface area contributed by atoms with Crippen LogP contribution < -0.4 is 15.0 Å². The fraction of sp³-hybridized carbons (Fsp3) is 0.200. The molecule has 0 bridgehead atoms. The summed E-state index contributed by atoms with van der Waals surface area (Å²) < 4.78 is 17.3. The Balaban J connectivity index is 1.44. The largest absolute Gasteiger partial charge is 0.489 e. The Morgan fingerprint density at radius 3 is 2.97 bits per heavy atom. The highest BCUT2D eigenvalue weighted by Crippen LogP contribution is 2.38. The lowest BCUT2D eigenvalue weighted by atomic mass is 10.2. The van der Waals surface area contributed by atoms with Crippen molar-refractivity contribution in [1.82, 2.24) is 15.0 Å². The van der Waals surface area contributed by atoms with Crippen molar-refractivity contribution in [2.75, 3.05) is 13.2 Å². The zero-order valence-corrected chi connectivity index (χ0v) is 16.0. The van der Waals surface area contributed by atoms with Crippen molar-refractivity contribution in [3.63, 3.8) is 0 Å². The number of hydrogen-bond donors (Lipinski definition) is 0. The molecule has 2 heterocycles. The molecule has 0 spiro atoms. The summed E-state index contributed by atoms with van der Waals surface area (Å²) in [5.74, 6) is 0.384. The third kappa shape index (κ3) is 4.22. The second-order valence-electron chi connectivity index (χ2n) is 6.22. The molecule has 1 aromatic heterocycles. The Morgan fingerprint density at radius 2 is 2.07 bits per heavy atom. The first kappa shape index (κ1) is 18.9. The third-order valence-electron chi connectivity index (χ3n) is 4.19. The highest BCUT2D eigenvalue weighted by atomic mass is 35.5. The van der Waals surface area contributed by atoms with Crippen molar-refractivity contribution < 1.29 is 19.0 Å². The molecule has 2 aromatic carbocycles. The molecule has 29 heavy (non-hydrogen) atoms. The number of benzene rings is 2. The summed E-state index contributed by atoms with van der Waals surface area (Å²) in [5.41, 5.74) is 0.743. The molecule has 3 aromatic rings. The van der Waals surface area contributed by atoms with Crippen molar-refractivity contribution in [1.29, 1.82) is 0 Å². The maximum absolute atomic E-state index is 12.3. The Bertz CT molecular complexity index is 1160. The molecule has 0 N–H and O–H groups in total. The van der Waals surface area contributed by atoms with Gasteiger partial charge in [0.1, 0.15) is 5.52 Å². The molecule has 0 aliphatic carbocycles. The molecule has 0 atom stereocenters. The van der Waals surface area contributed by atoms with Crippen molar-refractivity contribution in [3.8, 4) is 11.5 Å². The highest BCUT2D eigenvalue weighted by molar-refractivity contribution is 6.32. The molecule has 9 heteroatoms. The Morgan fingerprint density at radius 1 is 1.24 bits per heavy atom. The summed E-state index contributed by atoms with van der Waals surface area (Å²) in [6.07, 6.45) is 3.53. The number of nitrogens with zero attached hydrogens (tertiary/aromatic N) is 3. The lowest BCUT2D eigenvalue weighted by Crippen LogP contribution is -2.26. The maximum atomic E-state index is 12.3. The predicted octanol–water partition coefficient (Wildman–Crippen LogP) is 2.82. The van der Waals surface area contributed by atoms with Crippen LogP contribution in [-0.4, -0.2) is 34.2 Å². The second kappa shape index (κ2) is 8.32. The van der Waals surface area contributed by atoms with Gasteiger partial charge >= 0.3 is 5.97 Å². The molecule has 0 fully saturated rings. The molecule has 0 amide bonds. The molecule has 0 saturated heterocycles. The van der Waals surface area contributed by atoms with Gasteiger partial charge in [-0.1, -0.05) is 28.9 Å². The number of aromatic nitrogens is 3. The van der Waals surface area contributed by atoms with Gasteiger partial charge in [-0.25, -0.2) is 4.79 Å². The van der Waals surface area contributed by atoms with Crippen molar-refractivity contribution in [2.45, 2.75) is 13.2 Å². The topological polar surface area (TPSA) is 92.5 Å². The van der Waals surface area contributed by atoms with Crippen molar-refractivity contribution in [2.24, 2.45) is 0 Å². The van der Waals surface area contributed by atoms with E-state index in [9.17, 15) is 9.59 Å². The lowest BCUT2D eigenvalue weighted by Gasteiger charge is -2.10. The lowest BCUT2D eigenvalue weighted by molar-refractivity contribution is -0.141. The normalized spacial score (nSPS) is 13.4. The molecule has 0 unspecified atom stereocenters. The number of carbonyl (C=O) groups excluding carboxylic acids is 1. The minimum absolute atomic E-state index is 0.345. The smallest absolute Gasteiger partial charge is 0.332 e. The van der Waals surface area contributed by atoms with Crippen LogP contribution in [0, 0.1) is 0 Å². The van der Waals surface area contributed by atoms with Crippen LogP contribution in [0.2, 0.25) is 5.02 Å². The van der Waals surface area contributed by atoms with Crippen molar-refractivity contribution >= 4 is 34.5 Å². The number of carbonyl (C=O) groups is 1. The van der Waals surface area contributed by atoms with Gasteiger partial charge in [-0.3, -0.25) is 4.79 Å². The zero-order valence-electron chi connectivity index (χ0n) is 15.2. The SMILES string of the molecule is O=C(C=Cc1cc(Cl)c2c(c1)OCCCO2)OCn1nnc2ccccc2c1=O. The first-order chi connectivity index (χ1) is 14.1. The van der Waals surface area contributed by atoms with E-state index in [2.05, 4.69) is 10.3 Å². The summed E-state index contributed by atoms with van der Waals surface area (Å²) in [7, 11) is 0. The van der Waals surface area contributed by atoms with Crippen LogP contribution in [0.4, 0.5) is 0 Å². The molecular formula is C20H16ClN3O5. The van der Waals surface area contributed by atoms with Gasteiger partial charge in [-0.15, -0.1) is 5.10 Å². The summed E-state index contributed by atoms with van der Waals surface area (Å²) in [6, 6.07) is 10.2. The van der Waals surface area contributed by atoms with Gasteiger partial charge in [0.2, 0.25) is 0 Å². The van der Waals surface area contributed by atoms with E-state index >= 15 is 0 Å². The van der Waals surface area contributed by atoms with E-state index in [-0.39, 0.29) is 12.3 Å². The van der Waals surface area contributed by atoms with E-state index in [0.717, 1.165) is 11.1 Å². The van der Waals surface area contributed by atoms with Gasteiger partial charge in [0.05, 0.1) is 23.6 Å². The molecule has 0 saturated carbocycles. The predicted molar refractivity (Wildman–Crippen MR) is 106 cm³/mol. The van der Waals surface area contributed by atoms with Crippen LogP contribution in [0.5, 0.6) is 11.5 Å². The molecule has 0 radical (unpaired) electrons. The van der Waals surface area contributed by atoms with E-state index in [1.54, 1.807) is 36.4 Å². The third-order valence-corrected chi connectivity index (χ3v) is 4.48. The van der Waals surface area contributed by atoms with Gasteiger partial charge in [0, 0.05) is 12.5 Å². The van der Waals surface area contributed by atoms with Crippen LogP contribution in [0.3, 0.4) is 0 Å². The van der Waals surface area contributed by atoms with Gasteiger partial charge in [-0.05, 0) is 35.9 Å². The summed E-state index contributed by atoms with van der Waals surface area (Å²) in [5, 5.41) is 8.50. The average Bonchev–Trinajstić information content (AvgIpc) is 2.98. The van der Waals surface area contributed by atoms with Gasteiger partial charge in [0.25, 0.3) is 5.56 Å². The monoisotopic (exact) mass is 413 g/mol. The number of rotatable bonds is 4. The maximum Gasteiger partial charge on any atom is 0.332 e. The van der Waals surface area contributed by atoms with Crippen molar-refractivity contribution in [3.05, 3.63) is 63.4 Å². The van der Waals surface area contributed by atoms with Crippen LogP contribution >= 0.6 is 11.6 Å². The fourth-order valence-electron chi connectivity index (χ4n) is 2.79. The van der Waals surface area contributed by atoms with E-state index in [4.69, 9.17) is 25.8 Å². The quantitative estimate of drug-likeness (QED) is 0.479. The van der Waals surface area contributed by atoms with Crippen LogP contribution in [-0.2, 0) is 16.3 Å². The van der Waals surface area contributed by atoms with Gasteiger partial charge < -0.3 is 14.2 Å². The zero-order chi connectivity index (χ0) is 20.2. The first-order valence-corrected chi connectivity index (χ1v) is 9.26. The van der Waals surface area contributed by atoms with Crippen LogP contribution in [0.1, 0.15) is 12.0 Å². The summed E-state index contributed by atoms with van der Waals surface area (Å²) in [4.78, 5) is 24.4. The second-order valence-corrected chi connectivity index (χ2v) is 6.62. The number of hydrogen-bond acceptors (Lipinski definition) is 7. The van der Waals surface area contributed by atoms with E-state index in [0.29, 0.717) is 46.2 Å². The molecule has 1 aliphatic rings. The van der Waals surface area contributed by atoms with Crippen LogP contribution in [0.15, 0.2) is 47.3 Å². The molecular weight excluding hydrogens is 398 g/mol. The first-order valence-electron chi connectivity index (χ1n) is 8.88. The van der Waals surface area contributed by atoms with Crippen LogP contribution in [0.25, 0.3) is 17.0 Å². The highest BCUT2D eigenvalue weighted by Gasteiger charge is 2.15. The summed E-state index contributed by atoms with van der Waals surface area (Å²) >= 11 is 6.23. The Hall–Kier alpha value is -3.39. The number of ether oxygens (including phenoxy) is 3.